The third kappa shape index (κ3) is 5.41. The highest BCUT2D eigenvalue weighted by Crippen LogP contribution is 2.26. The lowest BCUT2D eigenvalue weighted by molar-refractivity contribution is -0.141. The van der Waals surface area contributed by atoms with Gasteiger partial charge < -0.3 is 20.7 Å². The molecule has 1 rings (SSSR count). The first kappa shape index (κ1) is 19.3. The third-order valence-electron chi connectivity index (χ3n) is 3.64. The molecule has 1 aliphatic rings. The van der Waals surface area contributed by atoms with Gasteiger partial charge in [-0.15, -0.1) is 0 Å². The summed E-state index contributed by atoms with van der Waals surface area (Å²) < 4.78 is 5.24. The predicted octanol–water partition coefficient (Wildman–Crippen LogP) is 1.40. The summed E-state index contributed by atoms with van der Waals surface area (Å²) in [6, 6.07) is -1.40. The SMILES string of the molecule is CC(C)(C)OC(=O)N[C@H](C(=O)N1CCCC1C(N)=O)C(C)(C)C. The van der Waals surface area contributed by atoms with Crippen molar-refractivity contribution in [2.75, 3.05) is 6.54 Å². The molecule has 3 N–H and O–H groups in total. The molecule has 0 aromatic rings. The summed E-state index contributed by atoms with van der Waals surface area (Å²) in [5, 5.41) is 2.65. The standard InChI is InChI=1S/C16H29N3O4/c1-15(2,3)11(18-14(22)23-16(4,5)6)13(21)19-9-7-8-10(19)12(17)20/h10-11H,7-9H2,1-6H3,(H2,17,20)(H,18,22)/t10?,11-/m1/s1. The highest BCUT2D eigenvalue weighted by Gasteiger charge is 2.41. The molecule has 2 atom stereocenters. The third-order valence-corrected chi connectivity index (χ3v) is 3.64. The minimum atomic E-state index is -0.794. The maximum Gasteiger partial charge on any atom is 0.408 e. The van der Waals surface area contributed by atoms with Gasteiger partial charge in [-0.2, -0.15) is 0 Å². The van der Waals surface area contributed by atoms with E-state index in [0.717, 1.165) is 6.42 Å². The molecule has 1 aliphatic heterocycles. The molecule has 1 fully saturated rings. The Morgan fingerprint density at radius 3 is 2.17 bits per heavy atom. The molecule has 3 amide bonds. The molecule has 1 saturated heterocycles. The number of alkyl carbamates (subject to hydrolysis) is 1. The lowest BCUT2D eigenvalue weighted by Gasteiger charge is -2.35. The molecule has 0 saturated carbocycles. The van der Waals surface area contributed by atoms with E-state index in [4.69, 9.17) is 10.5 Å². The fourth-order valence-corrected chi connectivity index (χ4v) is 2.57. The van der Waals surface area contributed by atoms with Crippen molar-refractivity contribution in [3.63, 3.8) is 0 Å². The van der Waals surface area contributed by atoms with E-state index in [-0.39, 0.29) is 5.91 Å². The van der Waals surface area contributed by atoms with Gasteiger partial charge in [-0.05, 0) is 39.0 Å². The number of nitrogens with two attached hydrogens (primary N) is 1. The minimum absolute atomic E-state index is 0.301. The number of primary amides is 1. The molecule has 23 heavy (non-hydrogen) atoms. The number of carbonyl (C=O) groups excluding carboxylic acids is 3. The molecule has 132 valence electrons. The summed E-state index contributed by atoms with van der Waals surface area (Å²) in [6.07, 6.45) is 0.633. The number of hydrogen-bond donors (Lipinski definition) is 2. The minimum Gasteiger partial charge on any atom is -0.444 e. The first-order chi connectivity index (χ1) is 10.3. The Hall–Kier alpha value is -1.79. The van der Waals surface area contributed by atoms with Crippen LogP contribution in [-0.4, -0.2) is 47.0 Å². The number of rotatable bonds is 3. The Balaban J connectivity index is 2.92. The molecule has 1 heterocycles. The summed E-state index contributed by atoms with van der Waals surface area (Å²) in [5.41, 5.74) is 4.19. The number of carbonyl (C=O) groups is 3. The molecule has 0 aliphatic carbocycles. The Kier molecular flexibility index (Phi) is 5.66. The lowest BCUT2D eigenvalue weighted by Crippen LogP contribution is -2.57. The van der Waals surface area contributed by atoms with Gasteiger partial charge in [0.15, 0.2) is 0 Å². The van der Waals surface area contributed by atoms with E-state index in [1.165, 1.54) is 4.90 Å². The molecule has 0 radical (unpaired) electrons. The second kappa shape index (κ2) is 6.76. The van der Waals surface area contributed by atoms with Crippen molar-refractivity contribution >= 4 is 17.9 Å². The molecular formula is C16H29N3O4. The Morgan fingerprint density at radius 2 is 1.74 bits per heavy atom. The molecule has 0 bridgehead atoms. The molecule has 1 unspecified atom stereocenters. The van der Waals surface area contributed by atoms with Crippen LogP contribution in [0.25, 0.3) is 0 Å². The van der Waals surface area contributed by atoms with Gasteiger partial charge in [-0.3, -0.25) is 9.59 Å². The van der Waals surface area contributed by atoms with Crippen LogP contribution in [0.3, 0.4) is 0 Å². The average molecular weight is 327 g/mol. The molecule has 0 spiro atoms. The van der Waals surface area contributed by atoms with Gasteiger partial charge >= 0.3 is 6.09 Å². The van der Waals surface area contributed by atoms with Crippen molar-refractivity contribution in [1.82, 2.24) is 10.2 Å². The second-order valence-electron chi connectivity index (χ2n) is 8.04. The largest absolute Gasteiger partial charge is 0.444 e. The van der Waals surface area contributed by atoms with E-state index in [0.29, 0.717) is 13.0 Å². The summed E-state index contributed by atoms with van der Waals surface area (Å²) in [7, 11) is 0. The van der Waals surface area contributed by atoms with E-state index in [1.54, 1.807) is 20.8 Å². The van der Waals surface area contributed by atoms with E-state index in [2.05, 4.69) is 5.32 Å². The Bertz CT molecular complexity index is 477. The summed E-state index contributed by atoms with van der Waals surface area (Å²) >= 11 is 0. The van der Waals surface area contributed by atoms with Crippen LogP contribution >= 0.6 is 0 Å². The van der Waals surface area contributed by atoms with Crippen molar-refractivity contribution in [1.29, 1.82) is 0 Å². The Morgan fingerprint density at radius 1 is 1.17 bits per heavy atom. The maximum absolute atomic E-state index is 12.9. The molecule has 7 nitrogen and oxygen atoms in total. The number of nitrogens with zero attached hydrogens (tertiary/aromatic N) is 1. The monoisotopic (exact) mass is 327 g/mol. The summed E-state index contributed by atoms with van der Waals surface area (Å²) in [6.45, 7) is 11.3. The van der Waals surface area contributed by atoms with Crippen molar-refractivity contribution in [2.24, 2.45) is 11.1 Å². The zero-order chi connectivity index (χ0) is 18.0. The normalized spacial score (nSPS) is 20.1. The van der Waals surface area contributed by atoms with Gasteiger partial charge in [-0.25, -0.2) is 4.79 Å². The van der Waals surface area contributed by atoms with Crippen molar-refractivity contribution in [2.45, 2.75) is 72.1 Å². The van der Waals surface area contributed by atoms with Crippen LogP contribution in [0.4, 0.5) is 4.79 Å². The maximum atomic E-state index is 12.9. The molecule has 7 heteroatoms. The average Bonchev–Trinajstić information content (AvgIpc) is 2.80. The van der Waals surface area contributed by atoms with E-state index >= 15 is 0 Å². The van der Waals surface area contributed by atoms with E-state index in [9.17, 15) is 14.4 Å². The van der Waals surface area contributed by atoms with Crippen LogP contribution < -0.4 is 11.1 Å². The topological polar surface area (TPSA) is 102 Å². The fourth-order valence-electron chi connectivity index (χ4n) is 2.57. The Labute approximate surface area is 137 Å². The molecular weight excluding hydrogens is 298 g/mol. The quantitative estimate of drug-likeness (QED) is 0.818. The zero-order valence-electron chi connectivity index (χ0n) is 14.9. The summed E-state index contributed by atoms with van der Waals surface area (Å²) in [5.74, 6) is -0.814. The van der Waals surface area contributed by atoms with Crippen molar-refractivity contribution in [3.8, 4) is 0 Å². The lowest BCUT2D eigenvalue weighted by atomic mass is 9.85. The number of hydrogen-bond acceptors (Lipinski definition) is 4. The van der Waals surface area contributed by atoms with Gasteiger partial charge in [0.1, 0.15) is 17.7 Å². The van der Waals surface area contributed by atoms with Crippen LogP contribution in [0.15, 0.2) is 0 Å². The number of nitrogens with one attached hydrogen (secondary N) is 1. The van der Waals surface area contributed by atoms with Gasteiger partial charge in [0.25, 0.3) is 0 Å². The predicted molar refractivity (Wildman–Crippen MR) is 86.5 cm³/mol. The van der Waals surface area contributed by atoms with Crippen LogP contribution in [0.2, 0.25) is 0 Å². The van der Waals surface area contributed by atoms with Crippen LogP contribution in [0.1, 0.15) is 54.4 Å². The summed E-state index contributed by atoms with van der Waals surface area (Å²) in [4.78, 5) is 37.9. The van der Waals surface area contributed by atoms with Gasteiger partial charge in [0.05, 0.1) is 0 Å². The fraction of sp³-hybridized carbons (Fsp3) is 0.812. The first-order valence-electron chi connectivity index (χ1n) is 7.92. The second-order valence-corrected chi connectivity index (χ2v) is 8.04. The zero-order valence-corrected chi connectivity index (χ0v) is 14.9. The van der Waals surface area contributed by atoms with Crippen molar-refractivity contribution < 1.29 is 19.1 Å². The van der Waals surface area contributed by atoms with Crippen LogP contribution in [0, 0.1) is 5.41 Å². The van der Waals surface area contributed by atoms with Gasteiger partial charge in [0, 0.05) is 6.54 Å². The molecule has 0 aromatic heterocycles. The smallest absolute Gasteiger partial charge is 0.408 e. The van der Waals surface area contributed by atoms with Gasteiger partial charge in [-0.1, -0.05) is 20.8 Å². The molecule has 0 aromatic carbocycles. The number of ether oxygens (including phenoxy) is 1. The van der Waals surface area contributed by atoms with E-state index in [1.807, 2.05) is 20.8 Å². The highest BCUT2D eigenvalue weighted by atomic mass is 16.6. The number of likely N-dealkylation sites (tertiary alicyclic amines) is 1. The highest BCUT2D eigenvalue weighted by molar-refractivity contribution is 5.91. The number of amides is 3. The van der Waals surface area contributed by atoms with Crippen molar-refractivity contribution in [3.05, 3.63) is 0 Å². The van der Waals surface area contributed by atoms with Gasteiger partial charge in [0.2, 0.25) is 11.8 Å². The van der Waals surface area contributed by atoms with Crippen LogP contribution in [-0.2, 0) is 14.3 Å². The van der Waals surface area contributed by atoms with E-state index < -0.39 is 35.1 Å². The van der Waals surface area contributed by atoms with Crippen LogP contribution in [0.5, 0.6) is 0 Å². The first-order valence-corrected chi connectivity index (χ1v) is 7.92.